The summed E-state index contributed by atoms with van der Waals surface area (Å²) in [6, 6.07) is 5.52. The molecule has 3 nitrogen and oxygen atoms in total. The summed E-state index contributed by atoms with van der Waals surface area (Å²) in [5.74, 6) is 0.00919. The topological polar surface area (TPSA) is 46.5 Å². The van der Waals surface area contributed by atoms with Crippen LogP contribution in [0.2, 0.25) is 0 Å². The van der Waals surface area contributed by atoms with Crippen LogP contribution in [0.15, 0.2) is 23.1 Å². The molecule has 0 aromatic heterocycles. The van der Waals surface area contributed by atoms with Crippen molar-refractivity contribution in [3.8, 4) is 0 Å². The second-order valence-electron chi connectivity index (χ2n) is 3.50. The maximum atomic E-state index is 11.0. The van der Waals surface area contributed by atoms with Crippen molar-refractivity contribution >= 4 is 17.7 Å². The predicted octanol–water partition coefficient (Wildman–Crippen LogP) is 2.82. The summed E-state index contributed by atoms with van der Waals surface area (Å²) in [6.07, 6.45) is 0.925. The van der Waals surface area contributed by atoms with Gasteiger partial charge < -0.3 is 9.84 Å². The zero-order valence-corrected chi connectivity index (χ0v) is 10.3. The van der Waals surface area contributed by atoms with Gasteiger partial charge in [0.2, 0.25) is 0 Å². The van der Waals surface area contributed by atoms with Crippen LogP contribution in [-0.4, -0.2) is 30.5 Å². The number of aryl methyl sites for hydroxylation is 1. The van der Waals surface area contributed by atoms with Gasteiger partial charge in [-0.2, -0.15) is 0 Å². The maximum absolute atomic E-state index is 11.0. The third-order valence-electron chi connectivity index (χ3n) is 2.12. The van der Waals surface area contributed by atoms with Crippen molar-refractivity contribution in [3.05, 3.63) is 29.3 Å². The molecule has 0 aliphatic heterocycles. The van der Waals surface area contributed by atoms with E-state index in [2.05, 4.69) is 0 Å². The number of carboxylic acids is 1. The number of methoxy groups -OCH3 is 1. The zero-order chi connectivity index (χ0) is 12.0. The number of hydrogen-bond acceptors (Lipinski definition) is 3. The van der Waals surface area contributed by atoms with Crippen molar-refractivity contribution in [1.29, 1.82) is 0 Å². The Labute approximate surface area is 99.8 Å². The number of aromatic carboxylic acids is 1. The third kappa shape index (κ3) is 3.87. The fourth-order valence-corrected chi connectivity index (χ4v) is 2.27. The van der Waals surface area contributed by atoms with Gasteiger partial charge in [0.05, 0.1) is 5.56 Å². The van der Waals surface area contributed by atoms with E-state index in [0.29, 0.717) is 12.2 Å². The van der Waals surface area contributed by atoms with Gasteiger partial charge in [0.15, 0.2) is 0 Å². The first-order chi connectivity index (χ1) is 7.65. The van der Waals surface area contributed by atoms with E-state index in [4.69, 9.17) is 9.84 Å². The molecule has 0 amide bonds. The van der Waals surface area contributed by atoms with Crippen molar-refractivity contribution in [2.45, 2.75) is 18.2 Å². The van der Waals surface area contributed by atoms with Crippen LogP contribution in [0.5, 0.6) is 0 Å². The van der Waals surface area contributed by atoms with E-state index < -0.39 is 5.97 Å². The highest BCUT2D eigenvalue weighted by Crippen LogP contribution is 2.24. The number of benzene rings is 1. The van der Waals surface area contributed by atoms with Crippen molar-refractivity contribution in [2.75, 3.05) is 19.5 Å². The molecule has 1 rings (SSSR count). The molecule has 88 valence electrons. The normalized spacial score (nSPS) is 10.4. The van der Waals surface area contributed by atoms with Gasteiger partial charge >= 0.3 is 5.97 Å². The van der Waals surface area contributed by atoms with Gasteiger partial charge in [0.25, 0.3) is 0 Å². The van der Waals surface area contributed by atoms with Crippen LogP contribution >= 0.6 is 11.8 Å². The molecule has 0 saturated carbocycles. The minimum absolute atomic E-state index is 0.391. The summed E-state index contributed by atoms with van der Waals surface area (Å²) in [7, 11) is 1.67. The molecule has 0 aliphatic carbocycles. The fraction of sp³-hybridized carbons (Fsp3) is 0.417. The first-order valence-corrected chi connectivity index (χ1v) is 6.09. The van der Waals surface area contributed by atoms with Crippen molar-refractivity contribution in [1.82, 2.24) is 0 Å². The Bertz CT molecular complexity index is 363. The van der Waals surface area contributed by atoms with Gasteiger partial charge in [0, 0.05) is 24.4 Å². The van der Waals surface area contributed by atoms with Crippen LogP contribution in [0.3, 0.4) is 0 Å². The standard InChI is InChI=1S/C12H16O3S/c1-9-4-5-11(10(8-9)12(13)14)16-7-3-6-15-2/h4-5,8H,3,6-7H2,1-2H3,(H,13,14). The maximum Gasteiger partial charge on any atom is 0.336 e. The molecular formula is C12H16O3S. The van der Waals surface area contributed by atoms with Gasteiger partial charge in [-0.1, -0.05) is 11.6 Å². The Morgan fingerprint density at radius 2 is 2.25 bits per heavy atom. The molecule has 0 atom stereocenters. The third-order valence-corrected chi connectivity index (χ3v) is 3.28. The van der Waals surface area contributed by atoms with Crippen molar-refractivity contribution in [3.63, 3.8) is 0 Å². The molecule has 1 aromatic rings. The minimum atomic E-state index is -0.863. The summed E-state index contributed by atoms with van der Waals surface area (Å²) >= 11 is 1.56. The van der Waals surface area contributed by atoms with Crippen LogP contribution in [0.1, 0.15) is 22.3 Å². The Kier molecular flexibility index (Phi) is 5.35. The van der Waals surface area contributed by atoms with Gasteiger partial charge in [0.1, 0.15) is 0 Å². The summed E-state index contributed by atoms with van der Waals surface area (Å²) in [4.78, 5) is 11.9. The lowest BCUT2D eigenvalue weighted by atomic mass is 10.1. The largest absolute Gasteiger partial charge is 0.478 e. The quantitative estimate of drug-likeness (QED) is 0.613. The average Bonchev–Trinajstić information content (AvgIpc) is 2.26. The van der Waals surface area contributed by atoms with E-state index >= 15 is 0 Å². The number of ether oxygens (including phenoxy) is 1. The minimum Gasteiger partial charge on any atom is -0.478 e. The molecule has 4 heteroatoms. The lowest BCUT2D eigenvalue weighted by molar-refractivity contribution is 0.0693. The molecule has 0 aliphatic rings. The average molecular weight is 240 g/mol. The van der Waals surface area contributed by atoms with E-state index in [-0.39, 0.29) is 0 Å². The summed E-state index contributed by atoms with van der Waals surface area (Å²) in [5.41, 5.74) is 1.36. The van der Waals surface area contributed by atoms with E-state index in [1.54, 1.807) is 24.9 Å². The highest BCUT2D eigenvalue weighted by molar-refractivity contribution is 7.99. The Morgan fingerprint density at radius 3 is 2.88 bits per heavy atom. The Morgan fingerprint density at radius 1 is 1.50 bits per heavy atom. The second kappa shape index (κ2) is 6.55. The first kappa shape index (κ1) is 13.1. The van der Waals surface area contributed by atoms with E-state index in [9.17, 15) is 4.79 Å². The number of carboxylic acid groups (broad SMARTS) is 1. The van der Waals surface area contributed by atoms with E-state index in [1.165, 1.54) is 0 Å². The number of hydrogen-bond donors (Lipinski definition) is 1. The monoisotopic (exact) mass is 240 g/mol. The van der Waals surface area contributed by atoms with E-state index in [0.717, 1.165) is 22.6 Å². The highest BCUT2D eigenvalue weighted by Gasteiger charge is 2.10. The van der Waals surface area contributed by atoms with Gasteiger partial charge in [-0.05, 0) is 25.5 Å². The molecule has 0 heterocycles. The Balaban J connectivity index is 2.67. The lowest BCUT2D eigenvalue weighted by Gasteiger charge is -2.06. The zero-order valence-electron chi connectivity index (χ0n) is 9.53. The van der Waals surface area contributed by atoms with Crippen LogP contribution in [0.4, 0.5) is 0 Å². The highest BCUT2D eigenvalue weighted by atomic mass is 32.2. The summed E-state index contributed by atoms with van der Waals surface area (Å²) < 4.78 is 4.95. The van der Waals surface area contributed by atoms with Gasteiger partial charge in [-0.3, -0.25) is 0 Å². The van der Waals surface area contributed by atoms with Gasteiger partial charge in [-0.25, -0.2) is 4.79 Å². The summed E-state index contributed by atoms with van der Waals surface area (Å²) in [6.45, 7) is 2.60. The number of thioether (sulfide) groups is 1. The Hall–Kier alpha value is -1.00. The molecule has 1 N–H and O–H groups in total. The molecule has 0 bridgehead atoms. The molecule has 1 aromatic carbocycles. The lowest BCUT2D eigenvalue weighted by Crippen LogP contribution is -2.00. The van der Waals surface area contributed by atoms with Gasteiger partial charge in [-0.15, -0.1) is 11.8 Å². The number of carbonyl (C=O) groups is 1. The smallest absolute Gasteiger partial charge is 0.336 e. The summed E-state index contributed by atoms with van der Waals surface area (Å²) in [5, 5.41) is 9.05. The molecule has 0 unspecified atom stereocenters. The van der Waals surface area contributed by atoms with Crippen LogP contribution in [-0.2, 0) is 4.74 Å². The van der Waals surface area contributed by atoms with Crippen LogP contribution in [0.25, 0.3) is 0 Å². The second-order valence-corrected chi connectivity index (χ2v) is 4.64. The number of rotatable bonds is 6. The van der Waals surface area contributed by atoms with Crippen LogP contribution < -0.4 is 0 Å². The molecule has 0 radical (unpaired) electrons. The SMILES string of the molecule is COCCCSc1ccc(C)cc1C(=O)O. The van der Waals surface area contributed by atoms with Crippen molar-refractivity contribution in [2.24, 2.45) is 0 Å². The van der Waals surface area contributed by atoms with E-state index in [1.807, 2.05) is 19.1 Å². The predicted molar refractivity (Wildman–Crippen MR) is 65.4 cm³/mol. The van der Waals surface area contributed by atoms with Crippen molar-refractivity contribution < 1.29 is 14.6 Å². The molecule has 0 fully saturated rings. The first-order valence-electron chi connectivity index (χ1n) is 5.11. The molecule has 0 saturated heterocycles. The molecule has 16 heavy (non-hydrogen) atoms. The van der Waals surface area contributed by atoms with Crippen LogP contribution in [0, 0.1) is 6.92 Å². The fourth-order valence-electron chi connectivity index (χ4n) is 1.32. The molecule has 0 spiro atoms. The molecular weight excluding hydrogens is 224 g/mol.